The fourth-order valence-corrected chi connectivity index (χ4v) is 3.02. The number of carbonyl (C=O) groups excluding carboxylic acids is 2. The molecular weight excluding hydrogens is 394 g/mol. The van der Waals surface area contributed by atoms with Crippen molar-refractivity contribution in [3.05, 3.63) is 60.0 Å². The maximum absolute atomic E-state index is 12.2. The molecule has 0 aromatic heterocycles. The minimum absolute atomic E-state index is 0.0558. The van der Waals surface area contributed by atoms with Crippen molar-refractivity contribution in [3.63, 3.8) is 0 Å². The maximum Gasteiger partial charge on any atom is 0.306 e. The number of methoxy groups -OCH3 is 2. The van der Waals surface area contributed by atoms with E-state index in [0.29, 0.717) is 11.4 Å². The highest BCUT2D eigenvalue weighted by atomic mass is 16.6. The highest BCUT2D eigenvalue weighted by molar-refractivity contribution is 5.92. The fraction of sp³-hybridized carbons (Fsp3) is 0.400. The first-order chi connectivity index (χ1) is 14.7. The van der Waals surface area contributed by atoms with Crippen LogP contribution in [0.15, 0.2) is 42.5 Å². The third-order valence-electron chi connectivity index (χ3n) is 4.41. The van der Waals surface area contributed by atoms with Crippen LogP contribution in [0.3, 0.4) is 0 Å². The van der Waals surface area contributed by atoms with E-state index in [9.17, 15) is 9.59 Å². The van der Waals surface area contributed by atoms with Gasteiger partial charge in [-0.25, -0.2) is 0 Å². The Hall–Kier alpha value is -3.02. The molecule has 0 atom stereocenters. The Labute approximate surface area is 184 Å². The van der Waals surface area contributed by atoms with Crippen molar-refractivity contribution in [3.8, 4) is 11.5 Å². The van der Waals surface area contributed by atoms with Gasteiger partial charge in [-0.05, 0) is 75.4 Å². The Morgan fingerprint density at radius 3 is 2.39 bits per heavy atom. The number of anilines is 1. The molecule has 1 amide bonds. The predicted octanol–water partition coefficient (Wildman–Crippen LogP) is 4.95. The predicted molar refractivity (Wildman–Crippen MR) is 121 cm³/mol. The number of hydrogen-bond donors (Lipinski definition) is 1. The number of esters is 1. The number of hydrogen-bond acceptors (Lipinski definition) is 5. The van der Waals surface area contributed by atoms with E-state index in [0.717, 1.165) is 29.7 Å². The minimum atomic E-state index is -0.547. The van der Waals surface area contributed by atoms with Crippen molar-refractivity contribution in [1.82, 2.24) is 0 Å². The quantitative estimate of drug-likeness (QED) is 0.544. The van der Waals surface area contributed by atoms with Crippen LogP contribution in [0.5, 0.6) is 11.5 Å². The summed E-state index contributed by atoms with van der Waals surface area (Å²) < 4.78 is 15.8. The molecule has 6 nitrogen and oxygen atoms in total. The lowest BCUT2D eigenvalue weighted by atomic mass is 10.0. The van der Waals surface area contributed by atoms with Gasteiger partial charge in [0.25, 0.3) is 0 Å². The summed E-state index contributed by atoms with van der Waals surface area (Å²) in [6.45, 7) is 5.41. The molecule has 1 radical (unpaired) electrons. The summed E-state index contributed by atoms with van der Waals surface area (Å²) in [5, 5.41) is 2.84. The standard InChI is InChI=1S/C25H32NO5/c1-25(2,3)31-24(28)15-14-23(27)26-20-11-7-10-18(16-20)8-6-9-19-12-13-21(29-4)22(17-19)30-5/h7-8,10-13,16-17H,6,9,14-15H2,1-5H3,(H,26,27). The van der Waals surface area contributed by atoms with Crippen molar-refractivity contribution in [1.29, 1.82) is 0 Å². The van der Waals surface area contributed by atoms with Gasteiger partial charge in [-0.2, -0.15) is 0 Å². The van der Waals surface area contributed by atoms with Crippen molar-refractivity contribution in [2.45, 2.75) is 52.1 Å². The van der Waals surface area contributed by atoms with Crippen molar-refractivity contribution < 1.29 is 23.8 Å². The molecule has 6 heteroatoms. The van der Waals surface area contributed by atoms with E-state index in [1.165, 1.54) is 0 Å². The van der Waals surface area contributed by atoms with Gasteiger partial charge in [0.15, 0.2) is 11.5 Å². The number of nitrogens with one attached hydrogen (secondary N) is 1. The van der Waals surface area contributed by atoms with Gasteiger partial charge in [-0.1, -0.05) is 18.2 Å². The Kier molecular flexibility index (Phi) is 8.91. The molecule has 0 aliphatic heterocycles. The van der Waals surface area contributed by atoms with E-state index in [2.05, 4.69) is 11.7 Å². The summed E-state index contributed by atoms with van der Waals surface area (Å²) in [6, 6.07) is 13.5. The monoisotopic (exact) mass is 426 g/mol. The third kappa shape index (κ3) is 8.70. The average Bonchev–Trinajstić information content (AvgIpc) is 2.71. The fourth-order valence-electron chi connectivity index (χ4n) is 3.02. The van der Waals surface area contributed by atoms with Crippen LogP contribution in [0.1, 0.15) is 51.2 Å². The van der Waals surface area contributed by atoms with Gasteiger partial charge in [-0.3, -0.25) is 9.59 Å². The maximum atomic E-state index is 12.2. The summed E-state index contributed by atoms with van der Waals surface area (Å²) in [5.41, 5.74) is 2.33. The summed E-state index contributed by atoms with van der Waals surface area (Å²) in [4.78, 5) is 23.9. The molecular formula is C25H32NO5. The van der Waals surface area contributed by atoms with Crippen LogP contribution >= 0.6 is 0 Å². The zero-order valence-corrected chi connectivity index (χ0v) is 19.0. The van der Waals surface area contributed by atoms with Crippen LogP contribution in [-0.4, -0.2) is 31.7 Å². The Balaban J connectivity index is 1.82. The summed E-state index contributed by atoms with van der Waals surface area (Å²) in [7, 11) is 3.25. The second-order valence-corrected chi connectivity index (χ2v) is 8.19. The van der Waals surface area contributed by atoms with Gasteiger partial charge >= 0.3 is 5.97 Å². The van der Waals surface area contributed by atoms with E-state index >= 15 is 0 Å². The van der Waals surface area contributed by atoms with Crippen LogP contribution < -0.4 is 14.8 Å². The molecule has 0 aliphatic rings. The van der Waals surface area contributed by atoms with Gasteiger partial charge in [0, 0.05) is 12.1 Å². The average molecular weight is 427 g/mol. The Morgan fingerprint density at radius 2 is 1.71 bits per heavy atom. The van der Waals surface area contributed by atoms with Gasteiger partial charge in [0.1, 0.15) is 5.60 Å². The molecule has 0 fully saturated rings. The lowest BCUT2D eigenvalue weighted by Gasteiger charge is -2.19. The molecule has 0 saturated heterocycles. The Morgan fingerprint density at radius 1 is 0.968 bits per heavy atom. The first-order valence-electron chi connectivity index (χ1n) is 10.4. The van der Waals surface area contributed by atoms with Gasteiger partial charge in [0.05, 0.1) is 20.6 Å². The molecule has 0 unspecified atom stereocenters. The number of benzene rings is 2. The Bertz CT molecular complexity index is 886. The van der Waals surface area contributed by atoms with Crippen molar-refractivity contribution in [2.24, 2.45) is 0 Å². The number of aryl methyl sites for hydroxylation is 1. The second-order valence-electron chi connectivity index (χ2n) is 8.19. The second kappa shape index (κ2) is 11.4. The van der Waals surface area contributed by atoms with Crippen molar-refractivity contribution in [2.75, 3.05) is 19.5 Å². The molecule has 0 heterocycles. The topological polar surface area (TPSA) is 73.9 Å². The van der Waals surface area contributed by atoms with Crippen LogP contribution in [0.4, 0.5) is 5.69 Å². The highest BCUT2D eigenvalue weighted by Gasteiger charge is 2.17. The van der Waals surface area contributed by atoms with Crippen LogP contribution in [0.2, 0.25) is 0 Å². The zero-order chi connectivity index (χ0) is 22.9. The largest absolute Gasteiger partial charge is 0.493 e. The van der Waals surface area contributed by atoms with E-state index in [4.69, 9.17) is 14.2 Å². The molecule has 2 rings (SSSR count). The van der Waals surface area contributed by atoms with E-state index in [1.54, 1.807) is 35.0 Å². The van der Waals surface area contributed by atoms with Crippen LogP contribution in [0, 0.1) is 6.42 Å². The molecule has 167 valence electrons. The number of amides is 1. The van der Waals surface area contributed by atoms with Crippen molar-refractivity contribution >= 4 is 17.6 Å². The molecule has 1 N–H and O–H groups in total. The van der Waals surface area contributed by atoms with Gasteiger partial charge in [0.2, 0.25) is 5.91 Å². The lowest BCUT2D eigenvalue weighted by Crippen LogP contribution is -2.24. The summed E-state index contributed by atoms with van der Waals surface area (Å²) >= 11 is 0. The third-order valence-corrected chi connectivity index (χ3v) is 4.41. The van der Waals surface area contributed by atoms with Gasteiger partial charge in [-0.15, -0.1) is 0 Å². The molecule has 0 spiro atoms. The number of rotatable bonds is 10. The molecule has 2 aromatic rings. The summed E-state index contributed by atoms with van der Waals surface area (Å²) in [5.74, 6) is 0.842. The van der Waals surface area contributed by atoms with E-state index < -0.39 is 5.60 Å². The molecule has 2 aromatic carbocycles. The van der Waals surface area contributed by atoms with Gasteiger partial charge < -0.3 is 19.5 Å². The molecule has 0 aliphatic carbocycles. The van der Waals surface area contributed by atoms with E-state index in [1.807, 2.05) is 42.5 Å². The summed E-state index contributed by atoms with van der Waals surface area (Å²) in [6.07, 6.45) is 3.95. The smallest absolute Gasteiger partial charge is 0.306 e. The molecule has 0 saturated carbocycles. The minimum Gasteiger partial charge on any atom is -0.493 e. The number of carbonyl (C=O) groups is 2. The SMILES string of the molecule is COc1ccc(CC[CH]c2cccc(NC(=O)CCC(=O)OC(C)(C)C)c2)cc1OC. The van der Waals surface area contributed by atoms with Crippen LogP contribution in [0.25, 0.3) is 0 Å². The number of ether oxygens (including phenoxy) is 3. The first-order valence-corrected chi connectivity index (χ1v) is 10.4. The molecule has 0 bridgehead atoms. The molecule has 31 heavy (non-hydrogen) atoms. The zero-order valence-electron chi connectivity index (χ0n) is 19.0. The first kappa shape index (κ1) is 24.3. The van der Waals surface area contributed by atoms with Crippen LogP contribution in [-0.2, 0) is 20.7 Å². The van der Waals surface area contributed by atoms with E-state index in [-0.39, 0.29) is 24.7 Å². The lowest BCUT2D eigenvalue weighted by molar-refractivity contribution is -0.155. The normalized spacial score (nSPS) is 11.0. The highest BCUT2D eigenvalue weighted by Crippen LogP contribution is 2.28.